The maximum absolute atomic E-state index is 14.2. The van der Waals surface area contributed by atoms with Gasteiger partial charge in [0.25, 0.3) is 5.91 Å². The minimum Gasteiger partial charge on any atom is -0.449 e. The van der Waals surface area contributed by atoms with E-state index in [0.29, 0.717) is 32.5 Å². The summed E-state index contributed by atoms with van der Waals surface area (Å²) in [4.78, 5) is 23.7. The lowest BCUT2D eigenvalue weighted by atomic mass is 10.2. The molecule has 1 fully saturated rings. The van der Waals surface area contributed by atoms with E-state index in [1.54, 1.807) is 0 Å². The molecule has 0 bridgehead atoms. The van der Waals surface area contributed by atoms with E-state index in [1.807, 2.05) is 13.8 Å². The van der Waals surface area contributed by atoms with Gasteiger partial charge in [-0.3, -0.25) is 4.79 Å². The van der Waals surface area contributed by atoms with Crippen molar-refractivity contribution in [3.63, 3.8) is 0 Å². The highest BCUT2D eigenvalue weighted by Gasteiger charge is 2.30. The lowest BCUT2D eigenvalue weighted by molar-refractivity contribution is -0.129. The van der Waals surface area contributed by atoms with Crippen molar-refractivity contribution in [3.05, 3.63) is 29.6 Å². The Bertz CT molecular complexity index is 820. The van der Waals surface area contributed by atoms with E-state index in [9.17, 15) is 22.4 Å². The summed E-state index contributed by atoms with van der Waals surface area (Å²) in [5.41, 5.74) is -0.125. The Morgan fingerprint density at radius 3 is 2.43 bits per heavy atom. The molecule has 7 nitrogen and oxygen atoms in total. The van der Waals surface area contributed by atoms with Gasteiger partial charge in [0, 0.05) is 19.6 Å². The number of carbonyl (C=O) groups is 2. The zero-order chi connectivity index (χ0) is 20.9. The number of ether oxygens (including phenoxy) is 1. The van der Waals surface area contributed by atoms with Crippen molar-refractivity contribution in [2.24, 2.45) is 5.92 Å². The molecule has 0 aromatic heterocycles. The van der Waals surface area contributed by atoms with Crippen molar-refractivity contribution in [2.75, 3.05) is 19.6 Å². The van der Waals surface area contributed by atoms with Gasteiger partial charge in [0.1, 0.15) is 10.7 Å². The van der Waals surface area contributed by atoms with Crippen LogP contribution in [0.15, 0.2) is 23.1 Å². The second kappa shape index (κ2) is 9.47. The van der Waals surface area contributed by atoms with Crippen molar-refractivity contribution in [3.8, 4) is 0 Å². The Hall–Kier alpha value is -2.00. The number of benzene rings is 1. The molecule has 28 heavy (non-hydrogen) atoms. The van der Waals surface area contributed by atoms with Gasteiger partial charge in [-0.05, 0) is 43.9 Å². The van der Waals surface area contributed by atoms with Crippen LogP contribution in [0.3, 0.4) is 0 Å². The number of rotatable bonds is 7. The molecule has 1 heterocycles. The van der Waals surface area contributed by atoms with Crippen LogP contribution < -0.4 is 5.32 Å². The fraction of sp³-hybridized carbons (Fsp3) is 0.579. The van der Waals surface area contributed by atoms with Gasteiger partial charge in [-0.1, -0.05) is 20.3 Å². The summed E-state index contributed by atoms with van der Waals surface area (Å²) >= 11 is 0. The number of amides is 1. The first-order chi connectivity index (χ1) is 13.1. The third-order valence-electron chi connectivity index (χ3n) is 4.44. The third kappa shape index (κ3) is 5.51. The lowest BCUT2D eigenvalue weighted by Crippen LogP contribution is -2.37. The Morgan fingerprint density at radius 2 is 1.82 bits per heavy atom. The van der Waals surface area contributed by atoms with E-state index < -0.39 is 38.7 Å². The summed E-state index contributed by atoms with van der Waals surface area (Å²) in [6, 6.07) is 3.04. The fourth-order valence-corrected chi connectivity index (χ4v) is 4.41. The first-order valence-corrected chi connectivity index (χ1v) is 10.9. The molecule has 1 aromatic rings. The minimum atomic E-state index is -4.04. The van der Waals surface area contributed by atoms with Crippen LogP contribution in [0.1, 0.15) is 50.4 Å². The molecule has 1 aromatic carbocycles. The molecule has 156 valence electrons. The number of piperidine rings is 1. The molecule has 2 rings (SSSR count). The number of nitrogens with one attached hydrogen (secondary N) is 1. The van der Waals surface area contributed by atoms with Crippen LogP contribution in [0.25, 0.3) is 0 Å². The van der Waals surface area contributed by atoms with Crippen molar-refractivity contribution in [1.82, 2.24) is 9.62 Å². The van der Waals surface area contributed by atoms with Crippen LogP contribution in [-0.4, -0.2) is 50.3 Å². The van der Waals surface area contributed by atoms with E-state index in [1.165, 1.54) is 11.2 Å². The number of halogens is 1. The smallest absolute Gasteiger partial charge is 0.338 e. The van der Waals surface area contributed by atoms with Gasteiger partial charge in [0.2, 0.25) is 10.0 Å². The van der Waals surface area contributed by atoms with Crippen LogP contribution in [0.2, 0.25) is 0 Å². The molecule has 0 aliphatic carbocycles. The zero-order valence-electron chi connectivity index (χ0n) is 16.4. The predicted octanol–water partition coefficient (Wildman–Crippen LogP) is 2.32. The molecule has 1 amide bonds. The molecule has 1 unspecified atom stereocenters. The Kier molecular flexibility index (Phi) is 7.54. The second-order valence-electron chi connectivity index (χ2n) is 7.30. The van der Waals surface area contributed by atoms with Gasteiger partial charge >= 0.3 is 5.97 Å². The van der Waals surface area contributed by atoms with Gasteiger partial charge in [0.15, 0.2) is 6.10 Å². The Morgan fingerprint density at radius 1 is 1.18 bits per heavy atom. The summed E-state index contributed by atoms with van der Waals surface area (Å²) in [6.07, 6.45) is 1.30. The molecule has 1 aliphatic rings. The van der Waals surface area contributed by atoms with E-state index in [-0.39, 0.29) is 11.5 Å². The van der Waals surface area contributed by atoms with Crippen molar-refractivity contribution < 1.29 is 27.1 Å². The maximum Gasteiger partial charge on any atom is 0.338 e. The fourth-order valence-electron chi connectivity index (χ4n) is 2.80. The zero-order valence-corrected chi connectivity index (χ0v) is 17.2. The standard InChI is InChI=1S/C19H27FN2O5S/c1-13(2)12-21-18(23)14(3)27-19(24)15-7-8-16(20)17(11-15)28(25,26)22-9-5-4-6-10-22/h7-8,11,13-14H,4-6,9-10,12H2,1-3H3,(H,21,23). The maximum atomic E-state index is 14.2. The summed E-state index contributed by atoms with van der Waals surface area (Å²) in [5.74, 6) is -2.02. The number of hydrogen-bond donors (Lipinski definition) is 1. The highest BCUT2D eigenvalue weighted by atomic mass is 32.2. The molecule has 1 N–H and O–H groups in total. The Balaban J connectivity index is 2.15. The highest BCUT2D eigenvalue weighted by Crippen LogP contribution is 2.24. The Labute approximate surface area is 165 Å². The van der Waals surface area contributed by atoms with E-state index in [4.69, 9.17) is 4.74 Å². The average molecular weight is 414 g/mol. The summed E-state index contributed by atoms with van der Waals surface area (Å²) in [7, 11) is -4.04. The molecule has 0 radical (unpaired) electrons. The first-order valence-electron chi connectivity index (χ1n) is 9.41. The third-order valence-corrected chi connectivity index (χ3v) is 6.35. The van der Waals surface area contributed by atoms with Gasteiger partial charge in [-0.2, -0.15) is 4.31 Å². The normalized spacial score (nSPS) is 16.6. The molecule has 1 atom stereocenters. The number of carbonyl (C=O) groups excluding carboxylic acids is 2. The number of hydrogen-bond acceptors (Lipinski definition) is 5. The molecule has 1 aliphatic heterocycles. The van der Waals surface area contributed by atoms with E-state index in [2.05, 4.69) is 5.32 Å². The predicted molar refractivity (Wildman–Crippen MR) is 102 cm³/mol. The van der Waals surface area contributed by atoms with Crippen LogP contribution in [0.5, 0.6) is 0 Å². The number of sulfonamides is 1. The van der Waals surface area contributed by atoms with Crippen LogP contribution >= 0.6 is 0 Å². The van der Waals surface area contributed by atoms with Crippen molar-refractivity contribution in [1.29, 1.82) is 0 Å². The van der Waals surface area contributed by atoms with Crippen molar-refractivity contribution in [2.45, 2.75) is 51.0 Å². The van der Waals surface area contributed by atoms with Gasteiger partial charge in [-0.15, -0.1) is 0 Å². The van der Waals surface area contributed by atoms with E-state index >= 15 is 0 Å². The SMILES string of the molecule is CC(C)CNC(=O)C(C)OC(=O)c1ccc(F)c(S(=O)(=O)N2CCCCC2)c1. The van der Waals surface area contributed by atoms with Gasteiger partial charge < -0.3 is 10.1 Å². The lowest BCUT2D eigenvalue weighted by Gasteiger charge is -2.26. The summed E-state index contributed by atoms with van der Waals surface area (Å²) < 4.78 is 46.0. The largest absolute Gasteiger partial charge is 0.449 e. The monoisotopic (exact) mass is 414 g/mol. The number of esters is 1. The quantitative estimate of drug-likeness (QED) is 0.691. The van der Waals surface area contributed by atoms with E-state index in [0.717, 1.165) is 24.6 Å². The van der Waals surface area contributed by atoms with Crippen LogP contribution in [-0.2, 0) is 19.6 Å². The molecule has 9 heteroatoms. The summed E-state index contributed by atoms with van der Waals surface area (Å²) in [6.45, 7) is 6.37. The molecule has 0 saturated carbocycles. The molecule has 1 saturated heterocycles. The second-order valence-corrected chi connectivity index (χ2v) is 9.20. The van der Waals surface area contributed by atoms with Gasteiger partial charge in [0.05, 0.1) is 5.56 Å². The van der Waals surface area contributed by atoms with Crippen molar-refractivity contribution >= 4 is 21.9 Å². The highest BCUT2D eigenvalue weighted by molar-refractivity contribution is 7.89. The van der Waals surface area contributed by atoms with Crippen LogP contribution in [0.4, 0.5) is 4.39 Å². The number of nitrogens with zero attached hydrogens (tertiary/aromatic N) is 1. The first kappa shape index (κ1) is 22.3. The summed E-state index contributed by atoms with van der Waals surface area (Å²) in [5, 5.41) is 2.65. The van der Waals surface area contributed by atoms with Gasteiger partial charge in [-0.25, -0.2) is 17.6 Å². The minimum absolute atomic E-state index is 0.125. The molecular formula is C19H27FN2O5S. The van der Waals surface area contributed by atoms with Crippen LogP contribution in [0, 0.1) is 11.7 Å². The average Bonchev–Trinajstić information content (AvgIpc) is 2.66. The molecule has 0 spiro atoms. The topological polar surface area (TPSA) is 92.8 Å². The molecular weight excluding hydrogens is 387 g/mol.